The summed E-state index contributed by atoms with van der Waals surface area (Å²) in [4.78, 5) is 58.3. The highest BCUT2D eigenvalue weighted by molar-refractivity contribution is 9.10. The number of methoxy groups -OCH3 is 1. The number of phenols is 1. The molecule has 1 saturated heterocycles. The smallest absolute Gasteiger partial charge is 0.332 e. The molecular formula is C42H56BrN3O9. The summed E-state index contributed by atoms with van der Waals surface area (Å²) in [6.45, 7) is 12.1. The number of ether oxygens (including phenoxy) is 3. The number of aromatic hydroxyl groups is 1. The van der Waals surface area contributed by atoms with Gasteiger partial charge in [-0.25, -0.2) is 4.79 Å². The molecule has 4 rings (SSSR count). The first-order valence-corrected chi connectivity index (χ1v) is 19.5. The van der Waals surface area contributed by atoms with E-state index in [1.807, 2.05) is 76.3 Å². The van der Waals surface area contributed by atoms with Crippen molar-refractivity contribution in [2.45, 2.75) is 115 Å². The predicted octanol–water partition coefficient (Wildman–Crippen LogP) is 5.31. The summed E-state index contributed by atoms with van der Waals surface area (Å²) in [6, 6.07) is 10.0. The van der Waals surface area contributed by atoms with E-state index in [0.717, 1.165) is 5.57 Å². The van der Waals surface area contributed by atoms with Crippen LogP contribution in [-0.2, 0) is 39.8 Å². The Morgan fingerprint density at radius 1 is 1.09 bits per heavy atom. The molecule has 55 heavy (non-hydrogen) atoms. The largest absolute Gasteiger partial charge is 0.507 e. The van der Waals surface area contributed by atoms with Crippen molar-refractivity contribution in [3.63, 3.8) is 0 Å². The number of nitrogens with zero attached hydrogens (tertiary/aromatic N) is 1. The normalized spacial score (nSPS) is 31.1. The number of rotatable bonds is 7. The van der Waals surface area contributed by atoms with Crippen LogP contribution in [0.3, 0.4) is 0 Å². The van der Waals surface area contributed by atoms with Gasteiger partial charge in [0.15, 0.2) is 11.6 Å². The molecule has 1 fully saturated rings. The van der Waals surface area contributed by atoms with Crippen LogP contribution in [0.2, 0.25) is 0 Å². The van der Waals surface area contributed by atoms with Gasteiger partial charge < -0.3 is 40.0 Å². The van der Waals surface area contributed by atoms with Crippen LogP contribution in [0.15, 0.2) is 76.8 Å². The summed E-state index contributed by atoms with van der Waals surface area (Å²) >= 11 is 3.31. The standard InChI is InChI=1S/C42H56BrN3O9/c1-10-24(2)34-38(49)44-30(22-27-19-20-31(47)29(43)21-27)37(48)45-36(41(5,6)52)39(50)54-35(28-17-12-11-13-18-28)26(4)16-14-15-25(3)32(53-9)23-33-42(7,55-33)40(51)46(34)8/h11-21,24,26,30,32-36,47,52H,10,22-23H2,1-9H3,(H,44,49)(H,45,48)/b16-14+,25-15+/t24-,26+,30+,32+,33-,34-,35-,36+,42+/m0/s1. The minimum Gasteiger partial charge on any atom is -0.507 e. The molecule has 12 nitrogen and oxygen atoms in total. The number of benzene rings is 2. The quantitative estimate of drug-likeness (QED) is 0.214. The van der Waals surface area contributed by atoms with Crippen molar-refractivity contribution in [1.82, 2.24) is 15.5 Å². The number of phenolic OH excluding ortho intramolecular Hbond substituents is 1. The number of halogens is 1. The summed E-state index contributed by atoms with van der Waals surface area (Å²) in [6.07, 6.45) is 4.89. The Hall–Kier alpha value is -4.04. The van der Waals surface area contributed by atoms with Crippen molar-refractivity contribution >= 4 is 39.6 Å². The summed E-state index contributed by atoms with van der Waals surface area (Å²) in [5, 5.41) is 27.0. The number of hydrogen-bond donors (Lipinski definition) is 4. The second-order valence-corrected chi connectivity index (χ2v) is 16.3. The number of cyclic esters (lactones) is 1. The zero-order chi connectivity index (χ0) is 40.8. The minimum atomic E-state index is -1.80. The maximum Gasteiger partial charge on any atom is 0.332 e. The fourth-order valence-corrected chi connectivity index (χ4v) is 7.38. The number of allylic oxidation sites excluding steroid dienone is 2. The molecule has 0 spiro atoms. The monoisotopic (exact) mass is 825 g/mol. The van der Waals surface area contributed by atoms with E-state index in [1.165, 1.54) is 24.8 Å². The van der Waals surface area contributed by atoms with E-state index in [0.29, 0.717) is 28.4 Å². The maximum atomic E-state index is 14.3. The molecule has 13 heteroatoms. The molecule has 0 unspecified atom stereocenters. The van der Waals surface area contributed by atoms with Crippen molar-refractivity contribution in [3.05, 3.63) is 87.9 Å². The molecule has 2 aromatic rings. The molecule has 3 amide bonds. The summed E-state index contributed by atoms with van der Waals surface area (Å²) in [7, 11) is 3.15. The number of carbonyl (C=O) groups is 4. The van der Waals surface area contributed by atoms with Crippen molar-refractivity contribution in [2.75, 3.05) is 14.2 Å². The van der Waals surface area contributed by atoms with Gasteiger partial charge in [-0.05, 0) is 78.4 Å². The van der Waals surface area contributed by atoms with E-state index in [-0.39, 0.29) is 36.0 Å². The third kappa shape index (κ3) is 10.6. The summed E-state index contributed by atoms with van der Waals surface area (Å²) in [5.41, 5.74) is -0.824. The van der Waals surface area contributed by atoms with Crippen LogP contribution < -0.4 is 10.6 Å². The molecule has 2 aromatic carbocycles. The number of esters is 1. The van der Waals surface area contributed by atoms with Crippen molar-refractivity contribution < 1.29 is 43.6 Å². The number of carbonyl (C=O) groups excluding carboxylic acids is 4. The summed E-state index contributed by atoms with van der Waals surface area (Å²) < 4.78 is 18.4. The fourth-order valence-electron chi connectivity index (χ4n) is 6.95. The van der Waals surface area contributed by atoms with E-state index in [9.17, 15) is 29.4 Å². The second kappa shape index (κ2) is 18.3. The van der Waals surface area contributed by atoms with Crippen LogP contribution in [-0.4, -0.2) is 94.5 Å². The molecule has 0 radical (unpaired) electrons. The van der Waals surface area contributed by atoms with E-state index in [1.54, 1.807) is 33.2 Å². The van der Waals surface area contributed by atoms with Gasteiger partial charge in [0, 0.05) is 32.9 Å². The van der Waals surface area contributed by atoms with Gasteiger partial charge in [0.2, 0.25) is 11.8 Å². The molecule has 300 valence electrons. The Morgan fingerprint density at radius 2 is 1.76 bits per heavy atom. The Labute approximate surface area is 332 Å². The van der Waals surface area contributed by atoms with Crippen LogP contribution >= 0.6 is 15.9 Å². The molecule has 0 saturated carbocycles. The van der Waals surface area contributed by atoms with E-state index in [4.69, 9.17) is 14.2 Å². The SMILES string of the molecule is CC[C@H](C)[C@H]1C(=O)N[C@H](Cc2ccc(O)c(Br)c2)C(=O)N[C@@H](C(C)(C)O)C(=O)O[C@H](c2ccccc2)[C@H](C)/C=C/C=C(\C)[C@H](OC)C[C@@H]2O[C@@]2(C)C(=O)N1C. The minimum absolute atomic E-state index is 0.0140. The highest BCUT2D eigenvalue weighted by Gasteiger charge is 2.61. The Morgan fingerprint density at radius 3 is 2.36 bits per heavy atom. The van der Waals surface area contributed by atoms with Crippen molar-refractivity contribution in [2.24, 2.45) is 11.8 Å². The lowest BCUT2D eigenvalue weighted by atomic mass is 9.93. The molecule has 2 heterocycles. The Bertz CT molecular complexity index is 1760. The molecule has 2 aliphatic heterocycles. The van der Waals surface area contributed by atoms with Crippen LogP contribution in [0.25, 0.3) is 0 Å². The van der Waals surface area contributed by atoms with Gasteiger partial charge in [-0.2, -0.15) is 0 Å². The number of hydrogen-bond acceptors (Lipinski definition) is 9. The molecule has 2 aliphatic rings. The van der Waals surface area contributed by atoms with Gasteiger partial charge in [-0.3, -0.25) is 14.4 Å². The van der Waals surface area contributed by atoms with Gasteiger partial charge in [-0.15, -0.1) is 0 Å². The van der Waals surface area contributed by atoms with E-state index < -0.39 is 59.3 Å². The predicted molar refractivity (Wildman–Crippen MR) is 212 cm³/mol. The Balaban J connectivity index is 1.82. The molecule has 9 atom stereocenters. The zero-order valence-electron chi connectivity index (χ0n) is 33.2. The average molecular weight is 827 g/mol. The Kier molecular flexibility index (Phi) is 14.5. The van der Waals surface area contributed by atoms with Crippen molar-refractivity contribution in [1.29, 1.82) is 0 Å². The topological polar surface area (TPSA) is 167 Å². The lowest BCUT2D eigenvalue weighted by molar-refractivity contribution is -0.162. The van der Waals surface area contributed by atoms with Gasteiger partial charge in [0.05, 0.1) is 22.3 Å². The molecule has 0 bridgehead atoms. The number of aliphatic hydroxyl groups is 1. The molecule has 0 aliphatic carbocycles. The second-order valence-electron chi connectivity index (χ2n) is 15.5. The number of likely N-dealkylation sites (N-methyl/N-ethyl adjacent to an activating group) is 1. The highest BCUT2D eigenvalue weighted by atomic mass is 79.9. The van der Waals surface area contributed by atoms with E-state index >= 15 is 0 Å². The third-order valence-corrected chi connectivity index (χ3v) is 11.3. The maximum absolute atomic E-state index is 14.3. The van der Waals surface area contributed by atoms with Gasteiger partial charge >= 0.3 is 5.97 Å². The number of amides is 3. The average Bonchev–Trinajstić information content (AvgIpc) is 3.81. The lowest BCUT2D eigenvalue weighted by Gasteiger charge is -2.35. The number of nitrogens with one attached hydrogen (secondary N) is 2. The van der Waals surface area contributed by atoms with Crippen LogP contribution in [0, 0.1) is 11.8 Å². The fraction of sp³-hybridized carbons (Fsp3) is 0.524. The van der Waals surface area contributed by atoms with Crippen LogP contribution in [0.1, 0.15) is 78.5 Å². The van der Waals surface area contributed by atoms with Gasteiger partial charge in [-0.1, -0.05) is 81.8 Å². The summed E-state index contributed by atoms with van der Waals surface area (Å²) in [5.74, 6) is -3.31. The highest BCUT2D eigenvalue weighted by Crippen LogP contribution is 2.42. The first-order chi connectivity index (χ1) is 25.8. The first kappa shape index (κ1) is 43.7. The molecule has 0 aromatic heterocycles. The van der Waals surface area contributed by atoms with Gasteiger partial charge in [0.25, 0.3) is 5.91 Å². The van der Waals surface area contributed by atoms with Crippen LogP contribution in [0.4, 0.5) is 0 Å². The van der Waals surface area contributed by atoms with E-state index in [2.05, 4.69) is 26.6 Å². The van der Waals surface area contributed by atoms with Gasteiger partial charge in [0.1, 0.15) is 23.9 Å². The lowest BCUT2D eigenvalue weighted by Crippen LogP contribution is -2.61. The number of epoxide rings is 1. The third-order valence-electron chi connectivity index (χ3n) is 10.7. The van der Waals surface area contributed by atoms with Crippen molar-refractivity contribution in [3.8, 4) is 5.75 Å². The zero-order valence-corrected chi connectivity index (χ0v) is 34.8. The first-order valence-electron chi connectivity index (χ1n) is 18.7. The van der Waals surface area contributed by atoms with Crippen LogP contribution in [0.5, 0.6) is 5.75 Å². The number of fused-ring (bicyclic) bond motifs is 1. The molecular weight excluding hydrogens is 770 g/mol. The molecule has 4 N–H and O–H groups in total.